The molecule has 32 nitrogen and oxygen atoms in total. The van der Waals surface area contributed by atoms with Crippen molar-refractivity contribution in [3.8, 4) is 0 Å². The number of hydrogen-bond donors (Lipinski definition) is 0. The molecule has 0 bridgehead atoms. The number of benzene rings is 2. The minimum absolute atomic E-state index is 0.0495. The van der Waals surface area contributed by atoms with E-state index in [-0.39, 0.29) is 75.6 Å². The van der Waals surface area contributed by atoms with Gasteiger partial charge in [-0.1, -0.05) is 102 Å². The van der Waals surface area contributed by atoms with Crippen molar-refractivity contribution in [1.29, 1.82) is 0 Å². The van der Waals surface area contributed by atoms with Crippen LogP contribution in [0.25, 0.3) is 20.9 Å². The molecule has 0 aliphatic carbocycles. The molecule has 33 heteroatoms. The minimum atomic E-state index is -3.23. The Morgan fingerprint density at radius 3 is 1.28 bits per heavy atom. The second-order valence-corrected chi connectivity index (χ2v) is 33.8. The first-order valence-electron chi connectivity index (χ1n) is 40.9. The third-order valence-electron chi connectivity index (χ3n) is 24.7. The molecule has 6 heterocycles. The zero-order chi connectivity index (χ0) is 87.1. The number of hydrogen-bond acceptors (Lipinski definition) is 26. The van der Waals surface area contributed by atoms with E-state index < -0.39 is 191 Å². The van der Waals surface area contributed by atoms with Crippen molar-refractivity contribution in [2.45, 2.75) is 289 Å². The highest BCUT2D eigenvalue weighted by atomic mass is 19.1. The van der Waals surface area contributed by atoms with Crippen LogP contribution in [0.1, 0.15) is 196 Å². The standard InChI is InChI=1S/C42H62FN5O11.C42H63N5O11/c1-12-30-42(8)33(48(39(53)59-42)21-17-16-20-45-46-44)26(4)31(49)24(2)23-40(6,54-11)35(27(5)34(50)41(7,43)38(52)56-30)58-37-32(29(47(9)10)22-25(3)55-37)57-36(51)28-18-14-13-15-19-28;1-12-31-42(8)35(47(40(52)58-42)21-17-16-20-44-45-43)26(4)32(48)24(2)23-41(7,53-11)36(27(5)33(49)28(6)37(50)55-31)57-39-34(30(46(9)10)22-25(3)54-39)56-38(51)29-18-14-13-15-19-29/h13-15,18-19,24-27,29-30,32-33,35,37H,12,16-17,20-23H2,1-11H3;13-15,18-19,24-28,30-31,34-36,39H,12,16-17,20-23H2,1-11H3/t24-,25-,26+,27+,29+,30-,32-,33-,35-,37+,40+,41+,42-;24-,25-,26+,27+,28-,30+,31-,34-,35-,36-,39+,41+,42-/m11/s1. The molecule has 6 fully saturated rings. The number of amides is 2. The maximum atomic E-state index is 17.0. The number of fused-ring (bicyclic) bond motifs is 2. The van der Waals surface area contributed by atoms with Crippen LogP contribution in [-0.4, -0.2) is 261 Å². The van der Waals surface area contributed by atoms with E-state index in [4.69, 9.17) is 67.9 Å². The number of methoxy groups -OCH3 is 2. The van der Waals surface area contributed by atoms with Gasteiger partial charge >= 0.3 is 36.1 Å². The Morgan fingerprint density at radius 2 is 0.923 bits per heavy atom. The van der Waals surface area contributed by atoms with Gasteiger partial charge in [0.1, 0.15) is 29.7 Å². The van der Waals surface area contributed by atoms with Crippen molar-refractivity contribution in [2.24, 2.45) is 51.7 Å². The third kappa shape index (κ3) is 21.7. The number of unbranched alkanes of at least 4 members (excludes halogenated alkanes) is 2. The van der Waals surface area contributed by atoms with Crippen LogP contribution in [0.15, 0.2) is 70.9 Å². The lowest BCUT2D eigenvalue weighted by molar-refractivity contribution is -0.295. The first-order valence-corrected chi connectivity index (χ1v) is 40.9. The van der Waals surface area contributed by atoms with E-state index in [1.54, 1.807) is 137 Å². The van der Waals surface area contributed by atoms with Crippen LogP contribution >= 0.6 is 0 Å². The Morgan fingerprint density at radius 1 is 0.547 bits per heavy atom. The van der Waals surface area contributed by atoms with Gasteiger partial charge in [-0.15, -0.1) is 0 Å². The fourth-order valence-electron chi connectivity index (χ4n) is 18.2. The number of likely N-dealkylation sites (N-methyl/N-ethyl adjacent to an activating group) is 2. The summed E-state index contributed by atoms with van der Waals surface area (Å²) in [5.74, 6) is -12.6. The number of cyclic esters (lactones) is 2. The number of alkyl halides is 1. The maximum absolute atomic E-state index is 17.0. The number of carbonyl (C=O) groups is 10. The van der Waals surface area contributed by atoms with Crippen LogP contribution in [0.3, 0.4) is 0 Å². The molecule has 0 aromatic heterocycles. The van der Waals surface area contributed by atoms with Gasteiger partial charge in [0.25, 0.3) is 5.67 Å². The van der Waals surface area contributed by atoms with E-state index in [0.29, 0.717) is 49.7 Å². The summed E-state index contributed by atoms with van der Waals surface area (Å²) < 4.78 is 91.9. The molecular weight excluding hydrogens is 1520 g/mol. The largest absolute Gasteiger partial charge is 0.458 e. The van der Waals surface area contributed by atoms with Crippen LogP contribution in [0.5, 0.6) is 0 Å². The van der Waals surface area contributed by atoms with Crippen molar-refractivity contribution in [1.82, 2.24) is 19.6 Å². The lowest BCUT2D eigenvalue weighted by Gasteiger charge is -2.48. The van der Waals surface area contributed by atoms with Gasteiger partial charge in [0, 0.05) is 85.7 Å². The smallest absolute Gasteiger partial charge is 0.410 e. The van der Waals surface area contributed by atoms with Gasteiger partial charge in [0.15, 0.2) is 47.6 Å². The Hall–Kier alpha value is -8.23. The van der Waals surface area contributed by atoms with Crippen molar-refractivity contribution in [2.75, 3.05) is 68.6 Å². The molecule has 6 saturated heterocycles. The van der Waals surface area contributed by atoms with Gasteiger partial charge in [-0.05, 0) is 183 Å². The molecule has 26 atom stereocenters. The number of azide groups is 2. The molecule has 650 valence electrons. The van der Waals surface area contributed by atoms with Crippen molar-refractivity contribution >= 4 is 59.2 Å². The van der Waals surface area contributed by atoms with Crippen LogP contribution in [0, 0.1) is 41.4 Å². The van der Waals surface area contributed by atoms with Crippen molar-refractivity contribution in [3.63, 3.8) is 0 Å². The Balaban J connectivity index is 0.000000323. The predicted molar refractivity (Wildman–Crippen MR) is 425 cm³/mol. The summed E-state index contributed by atoms with van der Waals surface area (Å²) in [6.07, 6.45) is -8.35. The van der Waals surface area contributed by atoms with E-state index in [0.717, 1.165) is 6.92 Å². The molecule has 2 amide bonds. The van der Waals surface area contributed by atoms with Crippen molar-refractivity contribution < 1.29 is 109 Å². The summed E-state index contributed by atoms with van der Waals surface area (Å²) in [5, 5.41) is 7.14. The number of nitrogens with zero attached hydrogens (tertiary/aromatic N) is 10. The van der Waals surface area contributed by atoms with Crippen molar-refractivity contribution in [3.05, 3.63) is 92.7 Å². The fourth-order valence-corrected chi connectivity index (χ4v) is 18.2. The number of ether oxygens (including phenoxy) is 12. The number of esters is 4. The monoisotopic (exact) mass is 1640 g/mol. The van der Waals surface area contributed by atoms with Gasteiger partial charge in [-0.3, -0.25) is 24.0 Å². The van der Waals surface area contributed by atoms with Gasteiger partial charge < -0.3 is 76.4 Å². The summed E-state index contributed by atoms with van der Waals surface area (Å²) >= 11 is 0. The third-order valence-corrected chi connectivity index (χ3v) is 24.7. The highest BCUT2D eigenvalue weighted by Gasteiger charge is 2.64. The summed E-state index contributed by atoms with van der Waals surface area (Å²) in [4.78, 5) is 153. The second kappa shape index (κ2) is 41.2. The first kappa shape index (κ1) is 95.9. The Bertz CT molecular complexity index is 3890. The number of ketones is 4. The van der Waals surface area contributed by atoms with Gasteiger partial charge in [-0.25, -0.2) is 28.4 Å². The molecule has 0 spiro atoms. The van der Waals surface area contributed by atoms with E-state index >= 15 is 4.39 Å². The molecule has 6 aliphatic heterocycles. The molecule has 2 aromatic carbocycles. The highest BCUT2D eigenvalue weighted by molar-refractivity contribution is 6.08. The van der Waals surface area contributed by atoms with Crippen LogP contribution in [-0.2, 0) is 85.6 Å². The second-order valence-electron chi connectivity index (χ2n) is 33.8. The Kier molecular flexibility index (Phi) is 33.7. The maximum Gasteiger partial charge on any atom is 0.410 e. The highest BCUT2D eigenvalue weighted by Crippen LogP contribution is 2.47. The molecule has 117 heavy (non-hydrogen) atoms. The SMILES string of the molecule is CC[C@H]1OC(=O)[C@@](C)(F)C(=O)[C@H](C)[C@@H](O[C@@H]2O[C@H](C)C[C@H](N(C)C)[C@H]2OC(=O)c2ccccc2)[C@@](C)(OC)C[C@@H](C)C(=O)[C@H](C)[C@H]2N(CCCCN=[N+]=[N-])C(=O)O[C@]12C.CC[C@H]1OC(=O)[C@H](C)C(=O)[C@H](C)[C@@H](O[C@@H]2O[C@H](C)C[C@H](N(C)C)[C@H]2OC(=O)c2ccccc2)[C@@](C)(OC)C[C@@H](C)C(=O)[C@H](C)[C@H]2N(CCCCN=[N+]=[N-])C(=O)O[C@]12C. The minimum Gasteiger partial charge on any atom is -0.458 e. The number of halogens is 1. The van der Waals surface area contributed by atoms with Gasteiger partial charge in [-0.2, -0.15) is 0 Å². The molecular formula is C84H125FN10O22. The molecule has 2 aromatic rings. The van der Waals surface area contributed by atoms with E-state index in [9.17, 15) is 47.9 Å². The number of rotatable bonds is 24. The lowest BCUT2D eigenvalue weighted by Crippen LogP contribution is -2.62. The molecule has 0 saturated carbocycles. The molecule has 0 N–H and O–H groups in total. The molecule has 0 radical (unpaired) electrons. The van der Waals surface area contributed by atoms with E-state index in [1.807, 2.05) is 51.8 Å². The number of Topliss-reactive ketones (excluding diaryl/α,β-unsaturated/α-hetero) is 4. The molecule has 6 aliphatic rings. The lowest BCUT2D eigenvalue weighted by atomic mass is 9.73. The predicted octanol–water partition coefficient (Wildman–Crippen LogP) is 12.4. The fraction of sp³-hybridized carbons (Fsp3) is 0.738. The normalized spacial score (nSPS) is 36.8. The van der Waals surface area contributed by atoms with Gasteiger partial charge in [0.2, 0.25) is 0 Å². The quantitative estimate of drug-likeness (QED) is 0.0179. The van der Waals surface area contributed by atoms with Crippen LogP contribution in [0.4, 0.5) is 14.0 Å². The van der Waals surface area contributed by atoms with E-state index in [2.05, 4.69) is 20.1 Å². The Labute approximate surface area is 686 Å². The van der Waals surface area contributed by atoms with Gasteiger partial charge in [0.05, 0.1) is 70.9 Å². The average Bonchev–Trinajstić information content (AvgIpc) is 1.61. The molecule has 8 rings (SSSR count). The summed E-state index contributed by atoms with van der Waals surface area (Å²) in [5.41, 5.74) is 8.88. The molecule has 0 unspecified atom stereocenters. The topological polar surface area (TPSA) is 392 Å². The first-order chi connectivity index (χ1) is 55.0. The zero-order valence-electron chi connectivity index (χ0n) is 72.1. The van der Waals surface area contributed by atoms with Crippen LogP contribution < -0.4 is 0 Å². The average molecular weight is 1650 g/mol. The van der Waals surface area contributed by atoms with E-state index in [1.165, 1.54) is 37.9 Å². The summed E-state index contributed by atoms with van der Waals surface area (Å²) in [6.45, 7) is 26.8. The number of carbonyl (C=O) groups excluding carboxylic acids is 10. The summed E-state index contributed by atoms with van der Waals surface area (Å²) in [7, 11) is 10.3. The van der Waals surface area contributed by atoms with Crippen LogP contribution in [0.2, 0.25) is 0 Å². The summed E-state index contributed by atoms with van der Waals surface area (Å²) in [6, 6.07) is 14.4. The zero-order valence-corrected chi connectivity index (χ0v) is 72.1.